The third-order valence-electron chi connectivity index (χ3n) is 9.13. The second-order valence-electron chi connectivity index (χ2n) is 12.0. The summed E-state index contributed by atoms with van der Waals surface area (Å²) in [6.45, 7) is 5.20. The molecule has 0 unspecified atom stereocenters. The SMILES string of the molecule is CC[C@@H]1CC/C=C/[C@H](NC(C)=O)[C@@H]2CC[C@H]2CN2CCCCc3cc(Cl)ccc3COc3ccc(cc32)C(=O)NS1(=O)=O. The molecule has 0 saturated heterocycles. The number of hydrogen-bond donors (Lipinski definition) is 2. The molecule has 4 atom stereocenters. The van der Waals surface area contributed by atoms with Crippen LogP contribution in [-0.4, -0.2) is 44.6 Å². The summed E-state index contributed by atoms with van der Waals surface area (Å²) < 4.78 is 35.2. The largest absolute Gasteiger partial charge is 0.487 e. The first-order valence-corrected chi connectivity index (χ1v) is 17.4. The summed E-state index contributed by atoms with van der Waals surface area (Å²) in [6, 6.07) is 10.9. The van der Waals surface area contributed by atoms with Gasteiger partial charge in [-0.05, 0) is 105 Å². The number of nitrogens with one attached hydrogen (secondary N) is 2. The quantitative estimate of drug-likeness (QED) is 0.409. The highest BCUT2D eigenvalue weighted by Crippen LogP contribution is 2.41. The summed E-state index contributed by atoms with van der Waals surface area (Å²) in [5, 5.41) is 3.13. The molecule has 2 N–H and O–H groups in total. The van der Waals surface area contributed by atoms with Gasteiger partial charge in [0, 0.05) is 30.6 Å². The van der Waals surface area contributed by atoms with Gasteiger partial charge in [-0.15, -0.1) is 0 Å². The molecule has 2 bridgehead atoms. The van der Waals surface area contributed by atoms with E-state index in [0.717, 1.165) is 56.4 Å². The fraction of sp³-hybridized carbons (Fsp3) is 0.515. The van der Waals surface area contributed by atoms with Crippen molar-refractivity contribution >= 4 is 39.1 Å². The molecule has 2 aromatic carbocycles. The van der Waals surface area contributed by atoms with Crippen molar-refractivity contribution in [2.24, 2.45) is 11.8 Å². The number of fused-ring (bicyclic) bond motifs is 3. The third-order valence-corrected chi connectivity index (χ3v) is 11.3. The number of carbonyl (C=O) groups excluding carboxylic acids is 2. The molecule has 3 aliphatic rings. The van der Waals surface area contributed by atoms with Crippen LogP contribution in [0.1, 0.15) is 80.3 Å². The van der Waals surface area contributed by atoms with Crippen LogP contribution in [0.25, 0.3) is 0 Å². The first kappa shape index (κ1) is 31.4. The maximum atomic E-state index is 13.4. The Morgan fingerprint density at radius 1 is 1.12 bits per heavy atom. The van der Waals surface area contributed by atoms with E-state index in [-0.39, 0.29) is 23.4 Å². The van der Waals surface area contributed by atoms with Crippen molar-refractivity contribution < 1.29 is 22.7 Å². The molecule has 2 aromatic rings. The van der Waals surface area contributed by atoms with E-state index in [4.69, 9.17) is 16.3 Å². The zero-order valence-electron chi connectivity index (χ0n) is 25.0. The standard InChI is InChI=1S/C33H42ClN3O5S/c1-3-28-9-4-5-10-30(35-22(2)38)29-15-12-25(29)20-37-17-7-6-8-23-18-27(34)14-11-26(23)21-42-32-16-13-24(19-31(32)37)33(39)36-43(28,40)41/h5,10-11,13-14,16,18-19,25,28-30H,3-4,6-9,12,15,17,20-21H2,1-2H3,(H,35,38)(H,36,39)/b10-5+/t25-,28+,29+,30-/m0/s1. The fourth-order valence-corrected chi connectivity index (χ4v) is 8.19. The minimum Gasteiger partial charge on any atom is -0.487 e. The molecule has 2 amide bonds. The highest BCUT2D eigenvalue weighted by atomic mass is 35.5. The van der Waals surface area contributed by atoms with Gasteiger partial charge in [0.25, 0.3) is 5.91 Å². The minimum atomic E-state index is -3.90. The molecule has 0 spiro atoms. The lowest BCUT2D eigenvalue weighted by atomic mass is 9.69. The Balaban J connectivity index is 1.55. The Labute approximate surface area is 260 Å². The van der Waals surface area contributed by atoms with E-state index in [0.29, 0.717) is 42.6 Å². The van der Waals surface area contributed by atoms with E-state index in [2.05, 4.69) is 14.9 Å². The van der Waals surface area contributed by atoms with Gasteiger partial charge in [0.1, 0.15) is 12.4 Å². The second-order valence-corrected chi connectivity index (χ2v) is 14.4. The van der Waals surface area contributed by atoms with Gasteiger partial charge in [0.15, 0.2) is 0 Å². The van der Waals surface area contributed by atoms with Crippen molar-refractivity contribution in [2.75, 3.05) is 18.0 Å². The summed E-state index contributed by atoms with van der Waals surface area (Å²) in [5.41, 5.74) is 3.30. The maximum Gasteiger partial charge on any atom is 0.264 e. The molecule has 2 heterocycles. The minimum absolute atomic E-state index is 0.0790. The predicted octanol–water partition coefficient (Wildman–Crippen LogP) is 5.78. The van der Waals surface area contributed by atoms with Crippen molar-refractivity contribution in [1.29, 1.82) is 0 Å². The summed E-state index contributed by atoms with van der Waals surface area (Å²) in [5.74, 6) is 0.530. The smallest absolute Gasteiger partial charge is 0.264 e. The van der Waals surface area contributed by atoms with Crippen LogP contribution in [0, 0.1) is 11.8 Å². The monoisotopic (exact) mass is 627 g/mol. The Kier molecular flexibility index (Phi) is 10.0. The number of sulfonamides is 1. The van der Waals surface area contributed by atoms with Crippen LogP contribution in [0.3, 0.4) is 0 Å². The molecule has 2 aliphatic heterocycles. The lowest BCUT2D eigenvalue weighted by Gasteiger charge is -2.44. The highest BCUT2D eigenvalue weighted by molar-refractivity contribution is 7.90. The second kappa shape index (κ2) is 13.7. The van der Waals surface area contributed by atoms with Crippen LogP contribution in [0.2, 0.25) is 5.02 Å². The number of rotatable bonds is 2. The van der Waals surface area contributed by atoms with E-state index in [1.165, 1.54) is 12.5 Å². The summed E-state index contributed by atoms with van der Waals surface area (Å²) in [7, 11) is -3.90. The number of halogens is 1. The van der Waals surface area contributed by atoms with Gasteiger partial charge < -0.3 is 15.0 Å². The number of carbonyl (C=O) groups is 2. The average molecular weight is 628 g/mol. The van der Waals surface area contributed by atoms with Crippen molar-refractivity contribution in [3.63, 3.8) is 0 Å². The Bertz CT molecular complexity index is 1480. The normalized spacial score (nSPS) is 26.7. The number of anilines is 1. The van der Waals surface area contributed by atoms with Gasteiger partial charge in [0.2, 0.25) is 15.9 Å². The van der Waals surface area contributed by atoms with Crippen LogP contribution < -0.4 is 19.7 Å². The van der Waals surface area contributed by atoms with Gasteiger partial charge in [-0.1, -0.05) is 36.7 Å². The van der Waals surface area contributed by atoms with Gasteiger partial charge in [-0.3, -0.25) is 9.59 Å². The number of amides is 2. The fourth-order valence-electron chi connectivity index (χ4n) is 6.56. The number of nitrogens with zero attached hydrogens (tertiary/aromatic N) is 1. The van der Waals surface area contributed by atoms with Crippen molar-refractivity contribution in [3.05, 3.63) is 70.3 Å². The number of benzene rings is 2. The van der Waals surface area contributed by atoms with Gasteiger partial charge in [0.05, 0.1) is 17.0 Å². The van der Waals surface area contributed by atoms with Gasteiger partial charge in [-0.2, -0.15) is 0 Å². The summed E-state index contributed by atoms with van der Waals surface area (Å²) >= 11 is 6.32. The molecule has 0 radical (unpaired) electrons. The van der Waals surface area contributed by atoms with Gasteiger partial charge in [-0.25, -0.2) is 13.1 Å². The molecular weight excluding hydrogens is 586 g/mol. The lowest BCUT2D eigenvalue weighted by Crippen LogP contribution is -2.49. The molecule has 1 aliphatic carbocycles. The van der Waals surface area contributed by atoms with E-state index < -0.39 is 21.2 Å². The zero-order chi connectivity index (χ0) is 30.6. The average Bonchev–Trinajstić information content (AvgIpc) is 2.97. The molecule has 1 fully saturated rings. The van der Waals surface area contributed by atoms with E-state index in [1.807, 2.05) is 37.3 Å². The van der Waals surface area contributed by atoms with Crippen molar-refractivity contribution in [1.82, 2.24) is 10.0 Å². The molecule has 43 heavy (non-hydrogen) atoms. The highest BCUT2D eigenvalue weighted by Gasteiger charge is 2.38. The van der Waals surface area contributed by atoms with E-state index >= 15 is 0 Å². The van der Waals surface area contributed by atoms with Crippen LogP contribution in [0.5, 0.6) is 5.75 Å². The van der Waals surface area contributed by atoms with Crippen LogP contribution in [0.4, 0.5) is 5.69 Å². The third kappa shape index (κ3) is 7.55. The molecule has 5 rings (SSSR count). The molecular formula is C33H42ClN3O5S. The predicted molar refractivity (Wildman–Crippen MR) is 170 cm³/mol. The number of allylic oxidation sites excluding steroid dienone is 1. The Morgan fingerprint density at radius 2 is 1.95 bits per heavy atom. The molecule has 1 saturated carbocycles. The van der Waals surface area contributed by atoms with Crippen LogP contribution in [-0.2, 0) is 27.8 Å². The first-order valence-electron chi connectivity index (χ1n) is 15.4. The summed E-state index contributed by atoms with van der Waals surface area (Å²) in [4.78, 5) is 27.8. The molecule has 0 aromatic heterocycles. The van der Waals surface area contributed by atoms with E-state index in [1.54, 1.807) is 18.2 Å². The first-order chi connectivity index (χ1) is 20.6. The zero-order valence-corrected chi connectivity index (χ0v) is 26.6. The molecule has 10 heteroatoms. The maximum absolute atomic E-state index is 13.4. The Morgan fingerprint density at radius 3 is 2.70 bits per heavy atom. The topological polar surface area (TPSA) is 105 Å². The van der Waals surface area contributed by atoms with Crippen molar-refractivity contribution in [3.8, 4) is 5.75 Å². The van der Waals surface area contributed by atoms with Crippen LogP contribution >= 0.6 is 11.6 Å². The number of aryl methyl sites for hydroxylation is 1. The van der Waals surface area contributed by atoms with Crippen LogP contribution in [0.15, 0.2) is 48.6 Å². The number of ether oxygens (including phenoxy) is 1. The number of hydrogen-bond acceptors (Lipinski definition) is 6. The van der Waals surface area contributed by atoms with Gasteiger partial charge >= 0.3 is 0 Å². The summed E-state index contributed by atoms with van der Waals surface area (Å²) in [6.07, 6.45) is 10.1. The molecule has 8 nitrogen and oxygen atoms in total. The molecule has 232 valence electrons. The van der Waals surface area contributed by atoms with E-state index in [9.17, 15) is 18.0 Å². The van der Waals surface area contributed by atoms with Crippen molar-refractivity contribution in [2.45, 2.75) is 83.1 Å². The lowest BCUT2D eigenvalue weighted by molar-refractivity contribution is -0.120. The Hall–Kier alpha value is -3.04.